The van der Waals surface area contributed by atoms with Gasteiger partial charge in [-0.15, -0.1) is 0 Å². The van der Waals surface area contributed by atoms with Crippen molar-refractivity contribution in [3.63, 3.8) is 0 Å². The number of ether oxygens (including phenoxy) is 1. The second-order valence-electron chi connectivity index (χ2n) is 7.25. The van der Waals surface area contributed by atoms with Crippen LogP contribution >= 0.6 is 0 Å². The van der Waals surface area contributed by atoms with Gasteiger partial charge in [-0.3, -0.25) is 4.90 Å². The van der Waals surface area contributed by atoms with Crippen LogP contribution in [0.25, 0.3) is 0 Å². The third-order valence-corrected chi connectivity index (χ3v) is 4.57. The Balaban J connectivity index is 1.64. The van der Waals surface area contributed by atoms with Gasteiger partial charge < -0.3 is 10.1 Å². The summed E-state index contributed by atoms with van der Waals surface area (Å²) in [7, 11) is 0. The summed E-state index contributed by atoms with van der Waals surface area (Å²) in [5.74, 6) is -0.177. The molecule has 120 valence electrons. The molecule has 0 amide bonds. The highest BCUT2D eigenvalue weighted by molar-refractivity contribution is 5.92. The highest BCUT2D eigenvalue weighted by Crippen LogP contribution is 2.22. The topological polar surface area (TPSA) is 41.6 Å². The van der Waals surface area contributed by atoms with Gasteiger partial charge in [0.1, 0.15) is 6.10 Å². The third kappa shape index (κ3) is 3.50. The molecule has 0 saturated carbocycles. The Labute approximate surface area is 132 Å². The van der Waals surface area contributed by atoms with Crippen LogP contribution in [-0.4, -0.2) is 48.7 Å². The van der Waals surface area contributed by atoms with E-state index in [4.69, 9.17) is 4.74 Å². The molecule has 1 saturated heterocycles. The summed E-state index contributed by atoms with van der Waals surface area (Å²) in [4.78, 5) is 14.4. The van der Waals surface area contributed by atoms with E-state index in [1.165, 1.54) is 5.56 Å². The summed E-state index contributed by atoms with van der Waals surface area (Å²) in [6.45, 7) is 10.8. The third-order valence-electron chi connectivity index (χ3n) is 4.57. The van der Waals surface area contributed by atoms with Crippen molar-refractivity contribution in [2.75, 3.05) is 26.2 Å². The number of carbonyl (C=O) groups is 1. The maximum atomic E-state index is 11.8. The van der Waals surface area contributed by atoms with Crippen LogP contribution in [-0.2, 0) is 17.6 Å². The van der Waals surface area contributed by atoms with Gasteiger partial charge in [0, 0.05) is 38.1 Å². The van der Waals surface area contributed by atoms with Crippen molar-refractivity contribution in [1.82, 2.24) is 10.2 Å². The molecule has 1 fully saturated rings. The molecule has 4 nitrogen and oxygen atoms in total. The highest BCUT2D eigenvalue weighted by Gasteiger charge is 2.26. The normalized spacial score (nSPS) is 24.7. The standard InChI is InChI=1S/C18H26N2O2/c1-13-10-15-11-14(4-5-16(15)17(21)22-13)6-8-20-9-7-19-18(2,3)12-20/h4-5,11,13,19H,6-10,12H2,1-3H3. The number of fused-ring (bicyclic) bond motifs is 1. The van der Waals surface area contributed by atoms with Gasteiger partial charge in [-0.2, -0.15) is 0 Å². The van der Waals surface area contributed by atoms with Crippen molar-refractivity contribution in [1.29, 1.82) is 0 Å². The second kappa shape index (κ2) is 6.01. The summed E-state index contributed by atoms with van der Waals surface area (Å²) < 4.78 is 5.28. The summed E-state index contributed by atoms with van der Waals surface area (Å²) in [6, 6.07) is 6.20. The first-order valence-electron chi connectivity index (χ1n) is 8.23. The number of nitrogens with zero attached hydrogens (tertiary/aromatic N) is 1. The monoisotopic (exact) mass is 302 g/mol. The van der Waals surface area contributed by atoms with E-state index in [-0.39, 0.29) is 17.6 Å². The lowest BCUT2D eigenvalue weighted by Crippen LogP contribution is -2.57. The van der Waals surface area contributed by atoms with Crippen LogP contribution in [0.2, 0.25) is 0 Å². The van der Waals surface area contributed by atoms with Gasteiger partial charge in [0.15, 0.2) is 0 Å². The summed E-state index contributed by atoms with van der Waals surface area (Å²) in [5.41, 5.74) is 3.40. The van der Waals surface area contributed by atoms with Gasteiger partial charge in [-0.25, -0.2) is 4.79 Å². The SMILES string of the molecule is CC1Cc2cc(CCN3CCNC(C)(C)C3)ccc2C(=O)O1. The molecule has 2 aliphatic heterocycles. The molecule has 3 rings (SSSR count). The van der Waals surface area contributed by atoms with Crippen LogP contribution in [0.4, 0.5) is 0 Å². The maximum Gasteiger partial charge on any atom is 0.338 e. The van der Waals surface area contributed by atoms with Gasteiger partial charge in [0.25, 0.3) is 0 Å². The molecule has 1 atom stereocenters. The molecule has 1 aromatic carbocycles. The molecule has 0 aromatic heterocycles. The lowest BCUT2D eigenvalue weighted by atomic mass is 9.95. The van der Waals surface area contributed by atoms with E-state index in [0.29, 0.717) is 0 Å². The van der Waals surface area contributed by atoms with E-state index in [1.807, 2.05) is 13.0 Å². The minimum Gasteiger partial charge on any atom is -0.459 e. The average Bonchev–Trinajstić information content (AvgIpc) is 2.43. The van der Waals surface area contributed by atoms with Crippen molar-refractivity contribution in [2.24, 2.45) is 0 Å². The number of carbonyl (C=O) groups excluding carboxylic acids is 1. The largest absolute Gasteiger partial charge is 0.459 e. The molecule has 0 radical (unpaired) electrons. The van der Waals surface area contributed by atoms with Crippen LogP contribution in [0.1, 0.15) is 42.3 Å². The summed E-state index contributed by atoms with van der Waals surface area (Å²) in [5, 5.41) is 3.54. The van der Waals surface area contributed by atoms with Crippen LogP contribution in [0.15, 0.2) is 18.2 Å². The zero-order valence-electron chi connectivity index (χ0n) is 13.8. The first kappa shape index (κ1) is 15.5. The number of hydrogen-bond acceptors (Lipinski definition) is 4. The zero-order valence-corrected chi connectivity index (χ0v) is 13.8. The minimum atomic E-state index is -0.177. The Hall–Kier alpha value is -1.39. The molecule has 22 heavy (non-hydrogen) atoms. The molecule has 0 spiro atoms. The minimum absolute atomic E-state index is 0.00998. The number of piperazine rings is 1. The zero-order chi connectivity index (χ0) is 15.7. The van der Waals surface area contributed by atoms with E-state index >= 15 is 0 Å². The van der Waals surface area contributed by atoms with Crippen molar-refractivity contribution < 1.29 is 9.53 Å². The first-order chi connectivity index (χ1) is 10.4. The van der Waals surface area contributed by atoms with E-state index in [2.05, 4.69) is 36.2 Å². The maximum absolute atomic E-state index is 11.8. The second-order valence-corrected chi connectivity index (χ2v) is 7.25. The Morgan fingerprint density at radius 2 is 2.23 bits per heavy atom. The molecule has 4 heteroatoms. The van der Waals surface area contributed by atoms with Crippen LogP contribution in [0.5, 0.6) is 0 Å². The van der Waals surface area contributed by atoms with Crippen LogP contribution in [0.3, 0.4) is 0 Å². The average molecular weight is 302 g/mol. The number of rotatable bonds is 3. The van der Waals surface area contributed by atoms with Crippen molar-refractivity contribution in [3.05, 3.63) is 34.9 Å². The molecule has 0 bridgehead atoms. The molecular formula is C18H26N2O2. The molecule has 1 unspecified atom stereocenters. The number of benzene rings is 1. The van der Waals surface area contributed by atoms with Crippen molar-refractivity contribution in [3.8, 4) is 0 Å². The number of cyclic esters (lactones) is 1. The lowest BCUT2D eigenvalue weighted by molar-refractivity contribution is 0.0301. The van der Waals surface area contributed by atoms with Crippen molar-refractivity contribution in [2.45, 2.75) is 45.3 Å². The van der Waals surface area contributed by atoms with Gasteiger partial charge in [0.2, 0.25) is 0 Å². The van der Waals surface area contributed by atoms with Crippen LogP contribution < -0.4 is 5.32 Å². The Bertz CT molecular complexity index is 568. The van der Waals surface area contributed by atoms with E-state index < -0.39 is 0 Å². The molecule has 2 heterocycles. The van der Waals surface area contributed by atoms with Crippen molar-refractivity contribution >= 4 is 5.97 Å². The van der Waals surface area contributed by atoms with Crippen LogP contribution in [0, 0.1) is 0 Å². The smallest absolute Gasteiger partial charge is 0.338 e. The van der Waals surface area contributed by atoms with E-state index in [0.717, 1.165) is 50.1 Å². The predicted octanol–water partition coefficient (Wildman–Crippen LogP) is 2.01. The Morgan fingerprint density at radius 1 is 1.41 bits per heavy atom. The summed E-state index contributed by atoms with van der Waals surface area (Å²) >= 11 is 0. The molecule has 1 N–H and O–H groups in total. The molecular weight excluding hydrogens is 276 g/mol. The first-order valence-corrected chi connectivity index (χ1v) is 8.23. The van der Waals surface area contributed by atoms with Gasteiger partial charge in [0.05, 0.1) is 5.56 Å². The van der Waals surface area contributed by atoms with E-state index in [9.17, 15) is 4.79 Å². The highest BCUT2D eigenvalue weighted by atomic mass is 16.5. The fourth-order valence-electron chi connectivity index (χ4n) is 3.49. The Morgan fingerprint density at radius 3 is 3.00 bits per heavy atom. The number of hydrogen-bond donors (Lipinski definition) is 1. The molecule has 0 aliphatic carbocycles. The quantitative estimate of drug-likeness (QED) is 0.867. The van der Waals surface area contributed by atoms with E-state index in [1.54, 1.807) is 0 Å². The lowest BCUT2D eigenvalue weighted by Gasteiger charge is -2.39. The fourth-order valence-corrected chi connectivity index (χ4v) is 3.49. The molecule has 2 aliphatic rings. The predicted molar refractivity (Wildman–Crippen MR) is 87.2 cm³/mol. The van der Waals surface area contributed by atoms with Gasteiger partial charge >= 0.3 is 5.97 Å². The Kier molecular flexibility index (Phi) is 4.24. The van der Waals surface area contributed by atoms with Gasteiger partial charge in [-0.05, 0) is 44.4 Å². The molecule has 1 aromatic rings. The van der Waals surface area contributed by atoms with Gasteiger partial charge in [-0.1, -0.05) is 12.1 Å². The fraction of sp³-hybridized carbons (Fsp3) is 0.611. The summed E-state index contributed by atoms with van der Waals surface area (Å²) in [6.07, 6.45) is 1.85. The number of nitrogens with one attached hydrogen (secondary N) is 1. The number of esters is 1.